The first-order chi connectivity index (χ1) is 13.7. The highest BCUT2D eigenvalue weighted by molar-refractivity contribution is 6.36. The summed E-state index contributed by atoms with van der Waals surface area (Å²) in [7, 11) is 0. The molecule has 3 amide bonds. The van der Waals surface area contributed by atoms with E-state index >= 15 is 0 Å². The number of nitrogens with one attached hydrogen (secondary N) is 2. The first-order valence-electron chi connectivity index (χ1n) is 9.53. The van der Waals surface area contributed by atoms with Gasteiger partial charge in [0.2, 0.25) is 5.91 Å². The maximum Gasteiger partial charge on any atom is 0.278 e. The van der Waals surface area contributed by atoms with E-state index in [2.05, 4.69) is 10.6 Å². The van der Waals surface area contributed by atoms with Crippen molar-refractivity contribution in [3.05, 3.63) is 64.9 Å². The third-order valence-electron chi connectivity index (χ3n) is 4.62. The van der Waals surface area contributed by atoms with E-state index in [0.717, 1.165) is 16.8 Å². The summed E-state index contributed by atoms with van der Waals surface area (Å²) in [6.07, 6.45) is 0. The molecule has 0 bridgehead atoms. The van der Waals surface area contributed by atoms with Crippen molar-refractivity contribution in [2.24, 2.45) is 0 Å². The van der Waals surface area contributed by atoms with Crippen LogP contribution < -0.4 is 10.6 Å². The normalized spacial score (nSPS) is 14.1. The first kappa shape index (κ1) is 20.3. The highest BCUT2D eigenvalue weighted by Crippen LogP contribution is 2.32. The molecule has 29 heavy (non-hydrogen) atoms. The third kappa shape index (κ3) is 4.21. The average molecular weight is 391 g/mol. The quantitative estimate of drug-likeness (QED) is 0.759. The molecule has 0 aliphatic carbocycles. The van der Waals surface area contributed by atoms with Crippen LogP contribution in [0.1, 0.15) is 37.5 Å². The van der Waals surface area contributed by atoms with Gasteiger partial charge in [-0.1, -0.05) is 18.2 Å². The molecular weight excluding hydrogens is 366 g/mol. The van der Waals surface area contributed by atoms with Gasteiger partial charge in [0.05, 0.1) is 5.57 Å². The second-order valence-electron chi connectivity index (χ2n) is 7.58. The number of amides is 3. The van der Waals surface area contributed by atoms with Crippen LogP contribution in [-0.2, 0) is 14.4 Å². The van der Waals surface area contributed by atoms with Gasteiger partial charge in [-0.05, 0) is 68.7 Å². The Balaban J connectivity index is 2.07. The summed E-state index contributed by atoms with van der Waals surface area (Å²) in [5.41, 5.74) is 4.73. The maximum absolute atomic E-state index is 13.1. The largest absolute Gasteiger partial charge is 0.350 e. The summed E-state index contributed by atoms with van der Waals surface area (Å²) in [5.74, 6) is -0.846. The second-order valence-corrected chi connectivity index (χ2v) is 7.58. The average Bonchev–Trinajstić information content (AvgIpc) is 2.84. The van der Waals surface area contributed by atoms with Crippen molar-refractivity contribution in [1.82, 2.24) is 4.90 Å². The minimum atomic E-state index is -0.343. The number of nitrogens with zero attached hydrogens (tertiary/aromatic N) is 1. The van der Waals surface area contributed by atoms with Gasteiger partial charge in [-0.3, -0.25) is 19.3 Å². The summed E-state index contributed by atoms with van der Waals surface area (Å²) in [6.45, 7) is 9.02. The van der Waals surface area contributed by atoms with Crippen molar-refractivity contribution < 1.29 is 14.4 Å². The topological polar surface area (TPSA) is 78.5 Å². The predicted molar refractivity (Wildman–Crippen MR) is 114 cm³/mol. The lowest BCUT2D eigenvalue weighted by Crippen LogP contribution is -2.38. The van der Waals surface area contributed by atoms with Crippen LogP contribution >= 0.6 is 0 Å². The lowest BCUT2D eigenvalue weighted by Gasteiger charge is -2.19. The Labute approximate surface area is 170 Å². The van der Waals surface area contributed by atoms with Crippen molar-refractivity contribution in [3.8, 4) is 0 Å². The van der Waals surface area contributed by atoms with Crippen LogP contribution in [0, 0.1) is 13.8 Å². The van der Waals surface area contributed by atoms with Crippen molar-refractivity contribution in [2.75, 3.05) is 10.6 Å². The fraction of sp³-hybridized carbons (Fsp3) is 0.261. The van der Waals surface area contributed by atoms with Gasteiger partial charge in [-0.15, -0.1) is 0 Å². The minimum absolute atomic E-state index is 0.174. The van der Waals surface area contributed by atoms with Gasteiger partial charge in [0.25, 0.3) is 11.8 Å². The molecule has 0 fully saturated rings. The second kappa shape index (κ2) is 7.91. The smallest absolute Gasteiger partial charge is 0.278 e. The van der Waals surface area contributed by atoms with Crippen LogP contribution in [0.25, 0.3) is 5.57 Å². The highest BCUT2D eigenvalue weighted by atomic mass is 16.2. The fourth-order valence-corrected chi connectivity index (χ4v) is 3.51. The van der Waals surface area contributed by atoms with E-state index in [1.54, 1.807) is 24.3 Å². The zero-order valence-electron chi connectivity index (χ0n) is 17.3. The lowest BCUT2D eigenvalue weighted by atomic mass is 10.0. The van der Waals surface area contributed by atoms with Crippen molar-refractivity contribution in [3.63, 3.8) is 0 Å². The van der Waals surface area contributed by atoms with Crippen LogP contribution in [0.15, 0.2) is 48.2 Å². The first-order valence-corrected chi connectivity index (χ1v) is 9.53. The molecule has 3 rings (SSSR count). The summed E-state index contributed by atoms with van der Waals surface area (Å²) < 4.78 is 0. The van der Waals surface area contributed by atoms with Crippen LogP contribution in [0.3, 0.4) is 0 Å². The van der Waals surface area contributed by atoms with Crippen molar-refractivity contribution in [2.45, 2.75) is 40.7 Å². The maximum atomic E-state index is 13.1. The molecule has 0 atom stereocenters. The van der Waals surface area contributed by atoms with E-state index in [9.17, 15) is 14.4 Å². The molecule has 0 radical (unpaired) electrons. The molecule has 0 saturated carbocycles. The number of rotatable bonds is 5. The number of hydrogen-bond donors (Lipinski definition) is 2. The Kier molecular flexibility index (Phi) is 5.55. The SMILES string of the molecule is CC(=O)Nc1ccc(C2=C(Nc3cc(C)cc(C)c3)C(=O)N(C(C)C)C2=O)cc1. The molecule has 0 saturated heterocycles. The monoisotopic (exact) mass is 391 g/mol. The number of aryl methyl sites for hydroxylation is 2. The number of carbonyl (C=O) groups excluding carboxylic acids is 3. The molecule has 1 aliphatic rings. The van der Waals surface area contributed by atoms with Crippen LogP contribution in [0.5, 0.6) is 0 Å². The lowest BCUT2D eigenvalue weighted by molar-refractivity contribution is -0.138. The molecule has 0 unspecified atom stereocenters. The zero-order valence-corrected chi connectivity index (χ0v) is 17.3. The number of anilines is 2. The number of imide groups is 1. The predicted octanol–water partition coefficient (Wildman–Crippen LogP) is 3.86. The molecular formula is C23H25N3O3. The van der Waals surface area contributed by atoms with Gasteiger partial charge in [0, 0.05) is 24.3 Å². The van der Waals surface area contributed by atoms with Crippen LogP contribution in [0.4, 0.5) is 11.4 Å². The van der Waals surface area contributed by atoms with Gasteiger partial charge in [-0.25, -0.2) is 0 Å². The van der Waals surface area contributed by atoms with E-state index in [1.165, 1.54) is 11.8 Å². The standard InChI is InChI=1S/C23H25N3O3/c1-13(2)26-22(28)20(17-6-8-18(9-7-17)24-16(5)27)21(23(26)29)25-19-11-14(3)10-15(4)12-19/h6-13,25H,1-5H3,(H,24,27). The minimum Gasteiger partial charge on any atom is -0.350 e. The number of carbonyl (C=O) groups is 3. The van der Waals surface area contributed by atoms with Gasteiger partial charge < -0.3 is 10.6 Å². The van der Waals surface area contributed by atoms with Gasteiger partial charge >= 0.3 is 0 Å². The van der Waals surface area contributed by atoms with E-state index in [0.29, 0.717) is 16.8 Å². The Morgan fingerprint density at radius 1 is 0.897 bits per heavy atom. The summed E-state index contributed by atoms with van der Waals surface area (Å²) in [6, 6.07) is 12.6. The van der Waals surface area contributed by atoms with E-state index in [4.69, 9.17) is 0 Å². The molecule has 0 aromatic heterocycles. The molecule has 6 nitrogen and oxygen atoms in total. The zero-order chi connectivity index (χ0) is 21.3. The molecule has 0 spiro atoms. The molecule has 1 heterocycles. The van der Waals surface area contributed by atoms with Gasteiger partial charge in [0.15, 0.2) is 0 Å². The molecule has 150 valence electrons. The molecule has 1 aliphatic heterocycles. The Bertz CT molecular complexity index is 1000. The molecule has 2 N–H and O–H groups in total. The fourth-order valence-electron chi connectivity index (χ4n) is 3.51. The van der Waals surface area contributed by atoms with Gasteiger partial charge in [-0.2, -0.15) is 0 Å². The Morgan fingerprint density at radius 3 is 2.00 bits per heavy atom. The van der Waals surface area contributed by atoms with Crippen molar-refractivity contribution in [1.29, 1.82) is 0 Å². The summed E-state index contributed by atoms with van der Waals surface area (Å²) in [4.78, 5) is 38.7. The number of benzene rings is 2. The van der Waals surface area contributed by atoms with E-state index in [-0.39, 0.29) is 29.5 Å². The molecule has 2 aromatic carbocycles. The number of hydrogen-bond acceptors (Lipinski definition) is 4. The molecule has 2 aromatic rings. The van der Waals surface area contributed by atoms with E-state index in [1.807, 2.05) is 45.9 Å². The van der Waals surface area contributed by atoms with Crippen LogP contribution in [-0.4, -0.2) is 28.7 Å². The Morgan fingerprint density at radius 2 is 1.48 bits per heavy atom. The summed E-state index contributed by atoms with van der Waals surface area (Å²) in [5, 5.41) is 5.88. The highest BCUT2D eigenvalue weighted by Gasteiger charge is 2.40. The van der Waals surface area contributed by atoms with Crippen LogP contribution in [0.2, 0.25) is 0 Å². The van der Waals surface area contributed by atoms with Crippen molar-refractivity contribution >= 4 is 34.7 Å². The van der Waals surface area contributed by atoms with Gasteiger partial charge in [0.1, 0.15) is 5.70 Å². The Hall–Kier alpha value is -3.41. The summed E-state index contributed by atoms with van der Waals surface area (Å²) >= 11 is 0. The third-order valence-corrected chi connectivity index (χ3v) is 4.62. The molecule has 6 heteroatoms. The van der Waals surface area contributed by atoms with E-state index < -0.39 is 0 Å².